The van der Waals surface area contributed by atoms with E-state index >= 15 is 0 Å². The fraction of sp³-hybridized carbons (Fsp3) is 0.167. The summed E-state index contributed by atoms with van der Waals surface area (Å²) in [4.78, 5) is 0. The topological polar surface area (TPSA) is 35.6 Å². The maximum absolute atomic E-state index is 4.40. The van der Waals surface area contributed by atoms with Crippen molar-refractivity contribution in [2.45, 2.75) is 12.6 Å². The van der Waals surface area contributed by atoms with Crippen LogP contribution in [0, 0.1) is 0 Å². The van der Waals surface area contributed by atoms with Gasteiger partial charge in [0.05, 0.1) is 0 Å². The third-order valence-corrected chi connectivity index (χ3v) is 3.63. The Bertz CT molecular complexity index is 493. The van der Waals surface area contributed by atoms with Gasteiger partial charge >= 0.3 is 0 Å². The van der Waals surface area contributed by atoms with Crippen molar-refractivity contribution >= 4 is 6.42 Å². The van der Waals surface area contributed by atoms with Crippen molar-refractivity contribution in [3.63, 3.8) is 0 Å². The quantitative estimate of drug-likeness (QED) is 0.749. The SMILES string of the molecule is C[B-](C1C=CC=C1)(n1cccn1)n1cccn1. The van der Waals surface area contributed by atoms with E-state index in [9.17, 15) is 0 Å². The van der Waals surface area contributed by atoms with Gasteiger partial charge in [0.15, 0.2) is 0 Å². The van der Waals surface area contributed by atoms with E-state index in [1.54, 1.807) is 0 Å². The molecular formula is C12H14BN4-. The lowest BCUT2D eigenvalue weighted by Crippen LogP contribution is -2.52. The van der Waals surface area contributed by atoms with Crippen LogP contribution < -0.4 is 0 Å². The summed E-state index contributed by atoms with van der Waals surface area (Å²) in [6.45, 7) is 2.20. The average Bonchev–Trinajstić information content (AvgIpc) is 3.10. The maximum Gasteiger partial charge on any atom is 0.233 e. The van der Waals surface area contributed by atoms with Crippen molar-refractivity contribution < 1.29 is 0 Å². The van der Waals surface area contributed by atoms with E-state index < -0.39 is 6.42 Å². The van der Waals surface area contributed by atoms with Crippen LogP contribution in [0.1, 0.15) is 0 Å². The second-order valence-corrected chi connectivity index (χ2v) is 4.58. The number of allylic oxidation sites excluding steroid dienone is 4. The molecule has 1 aliphatic rings. The zero-order chi connectivity index (χ0) is 11.7. The van der Waals surface area contributed by atoms with Gasteiger partial charge in [-0.3, -0.25) is 0 Å². The van der Waals surface area contributed by atoms with Gasteiger partial charge in [-0.05, 0) is 24.5 Å². The normalized spacial score (nSPS) is 15.8. The molecule has 1 aliphatic carbocycles. The molecule has 2 heterocycles. The highest BCUT2D eigenvalue weighted by atomic mass is 15.4. The molecule has 0 unspecified atom stereocenters. The van der Waals surface area contributed by atoms with Crippen LogP contribution in [-0.4, -0.2) is 25.8 Å². The van der Waals surface area contributed by atoms with Crippen LogP contribution in [0.15, 0.2) is 61.2 Å². The van der Waals surface area contributed by atoms with Crippen molar-refractivity contribution in [2.24, 2.45) is 0 Å². The standard InChI is InChI=1S/C12H14BN4/c1-13(12-6-2-3-7-12,16-10-4-8-14-16)17-11-5-9-15-17/h2-12H,1H3/q-1. The van der Waals surface area contributed by atoms with E-state index in [1.165, 1.54) is 0 Å². The van der Waals surface area contributed by atoms with Crippen LogP contribution in [0.3, 0.4) is 0 Å². The fourth-order valence-corrected chi connectivity index (χ4v) is 2.52. The predicted molar refractivity (Wildman–Crippen MR) is 68.9 cm³/mol. The highest BCUT2D eigenvalue weighted by molar-refractivity contribution is 6.77. The first-order valence-electron chi connectivity index (χ1n) is 5.86. The van der Waals surface area contributed by atoms with Gasteiger partial charge in [-0.15, -0.1) is 19.0 Å². The van der Waals surface area contributed by atoms with Crippen LogP contribution in [0.5, 0.6) is 0 Å². The van der Waals surface area contributed by atoms with Crippen LogP contribution in [0.25, 0.3) is 0 Å². The second-order valence-electron chi connectivity index (χ2n) is 4.58. The molecule has 0 amide bonds. The van der Waals surface area contributed by atoms with Gasteiger partial charge in [0.25, 0.3) is 0 Å². The van der Waals surface area contributed by atoms with Crippen LogP contribution in [-0.2, 0) is 0 Å². The highest BCUT2D eigenvalue weighted by Gasteiger charge is 2.32. The lowest BCUT2D eigenvalue weighted by atomic mass is 9.40. The Morgan fingerprint density at radius 2 is 1.47 bits per heavy atom. The fourth-order valence-electron chi connectivity index (χ4n) is 2.52. The van der Waals surface area contributed by atoms with Crippen LogP contribution in [0.4, 0.5) is 0 Å². The Balaban J connectivity index is 2.14. The van der Waals surface area contributed by atoms with Gasteiger partial charge in [0, 0.05) is 12.4 Å². The summed E-state index contributed by atoms with van der Waals surface area (Å²) in [6.07, 6.45) is 15.1. The van der Waals surface area contributed by atoms with Crippen molar-refractivity contribution in [3.8, 4) is 0 Å². The lowest BCUT2D eigenvalue weighted by Gasteiger charge is -2.41. The molecule has 4 nitrogen and oxygen atoms in total. The van der Waals surface area contributed by atoms with Gasteiger partial charge in [-0.25, -0.2) is 10.2 Å². The van der Waals surface area contributed by atoms with Crippen molar-refractivity contribution in [3.05, 3.63) is 61.2 Å². The summed E-state index contributed by atoms with van der Waals surface area (Å²) in [5, 5.41) is 8.81. The average molecular weight is 225 g/mol. The second kappa shape index (κ2) is 3.77. The minimum absolute atomic E-state index is 0.315. The molecule has 17 heavy (non-hydrogen) atoms. The predicted octanol–water partition coefficient (Wildman–Crippen LogP) is 2.04. The zero-order valence-electron chi connectivity index (χ0n) is 9.72. The first-order valence-corrected chi connectivity index (χ1v) is 5.86. The minimum atomic E-state index is -1.10. The Hall–Kier alpha value is -2.04. The number of hydrogen-bond donors (Lipinski definition) is 0. The summed E-state index contributed by atoms with van der Waals surface area (Å²) < 4.78 is 4.02. The summed E-state index contributed by atoms with van der Waals surface area (Å²) in [7, 11) is 0. The Kier molecular flexibility index (Phi) is 2.25. The molecular weight excluding hydrogens is 211 g/mol. The first-order chi connectivity index (χ1) is 8.32. The van der Waals surface area contributed by atoms with Gasteiger partial charge in [0.1, 0.15) is 0 Å². The molecule has 0 atom stereocenters. The molecule has 0 aliphatic heterocycles. The van der Waals surface area contributed by atoms with Gasteiger partial charge in [0.2, 0.25) is 6.42 Å². The first kappa shape index (κ1) is 10.1. The van der Waals surface area contributed by atoms with E-state index in [2.05, 4.69) is 41.3 Å². The Morgan fingerprint density at radius 1 is 0.941 bits per heavy atom. The molecule has 0 fully saturated rings. The van der Waals surface area contributed by atoms with Crippen molar-refractivity contribution in [2.75, 3.05) is 0 Å². The Morgan fingerprint density at radius 3 is 1.88 bits per heavy atom. The summed E-state index contributed by atoms with van der Waals surface area (Å²) in [5.41, 5.74) is 0. The van der Waals surface area contributed by atoms with Gasteiger partial charge < -0.3 is 9.19 Å². The molecule has 0 aromatic carbocycles. The molecule has 3 rings (SSSR count). The molecule has 86 valence electrons. The van der Waals surface area contributed by atoms with Crippen LogP contribution in [0.2, 0.25) is 12.6 Å². The monoisotopic (exact) mass is 225 g/mol. The number of hydrogen-bond acceptors (Lipinski definition) is 2. The van der Waals surface area contributed by atoms with Gasteiger partial charge in [-0.1, -0.05) is 18.0 Å². The van der Waals surface area contributed by atoms with E-state index in [-0.39, 0.29) is 0 Å². The van der Waals surface area contributed by atoms with E-state index in [0.29, 0.717) is 5.82 Å². The maximum atomic E-state index is 4.40. The van der Waals surface area contributed by atoms with E-state index in [0.717, 1.165) is 0 Å². The van der Waals surface area contributed by atoms with Crippen LogP contribution >= 0.6 is 0 Å². The molecule has 5 heteroatoms. The number of nitrogens with zero attached hydrogens (tertiary/aromatic N) is 4. The largest absolute Gasteiger partial charge is 0.422 e. The molecule has 2 aromatic heterocycles. The molecule has 2 aromatic rings. The molecule has 0 radical (unpaired) electrons. The van der Waals surface area contributed by atoms with E-state index in [4.69, 9.17) is 0 Å². The van der Waals surface area contributed by atoms with Crippen molar-refractivity contribution in [1.29, 1.82) is 0 Å². The zero-order valence-corrected chi connectivity index (χ0v) is 9.72. The minimum Gasteiger partial charge on any atom is -0.422 e. The third-order valence-electron chi connectivity index (χ3n) is 3.63. The summed E-state index contributed by atoms with van der Waals surface area (Å²) in [5.74, 6) is 0.315. The number of aromatic nitrogens is 4. The molecule has 0 N–H and O–H groups in total. The molecule has 0 spiro atoms. The Labute approximate surface area is 100 Å². The smallest absolute Gasteiger partial charge is 0.233 e. The lowest BCUT2D eigenvalue weighted by molar-refractivity contribution is 0.795. The molecule has 0 saturated carbocycles. The van der Waals surface area contributed by atoms with Gasteiger partial charge in [-0.2, -0.15) is 0 Å². The number of rotatable bonds is 3. The highest BCUT2D eigenvalue weighted by Crippen LogP contribution is 2.30. The summed E-state index contributed by atoms with van der Waals surface area (Å²) >= 11 is 0. The molecule has 0 bridgehead atoms. The van der Waals surface area contributed by atoms with E-state index in [1.807, 2.05) is 46.1 Å². The third kappa shape index (κ3) is 1.46. The van der Waals surface area contributed by atoms with Crippen molar-refractivity contribution in [1.82, 2.24) is 19.4 Å². The summed E-state index contributed by atoms with van der Waals surface area (Å²) in [6, 6.07) is 3.90. The molecule has 0 saturated heterocycles.